The second-order valence-corrected chi connectivity index (χ2v) is 11.6. The van der Waals surface area contributed by atoms with Crippen molar-refractivity contribution in [3.63, 3.8) is 0 Å². The first-order valence-electron chi connectivity index (χ1n) is 11.7. The van der Waals surface area contributed by atoms with Gasteiger partial charge in [0.2, 0.25) is 5.62 Å². The highest BCUT2D eigenvalue weighted by Gasteiger charge is 2.28. The molecule has 0 bridgehead atoms. The third kappa shape index (κ3) is 5.56. The third-order valence-corrected chi connectivity index (χ3v) is 6.95. The van der Waals surface area contributed by atoms with E-state index in [1.54, 1.807) is 0 Å². The maximum Gasteiger partial charge on any atom is 0.217 e. The number of carbonyl (C=O) groups is 1. The number of hydrogen-bond acceptors (Lipinski definition) is 3. The predicted octanol–water partition coefficient (Wildman–Crippen LogP) is 6.26. The van der Waals surface area contributed by atoms with Crippen molar-refractivity contribution < 1.29 is 9.90 Å². The number of carbonyl (C=O) groups excluding carboxylic acids is 1. The molecule has 2 aromatic rings. The van der Waals surface area contributed by atoms with E-state index in [1.807, 2.05) is 29.1 Å². The summed E-state index contributed by atoms with van der Waals surface area (Å²) < 4.78 is 8.31. The van der Waals surface area contributed by atoms with Gasteiger partial charge >= 0.3 is 0 Å². The van der Waals surface area contributed by atoms with Gasteiger partial charge in [0.25, 0.3) is 0 Å². The van der Waals surface area contributed by atoms with Gasteiger partial charge in [-0.25, -0.2) is 0 Å². The van der Waals surface area contributed by atoms with Crippen LogP contribution in [0.25, 0.3) is 0 Å². The molecule has 1 fully saturated rings. The molecule has 3 rings (SSSR count). The average molecular weight is 505 g/mol. The van der Waals surface area contributed by atoms with Gasteiger partial charge in [0, 0.05) is 35.6 Å². The molecule has 6 heteroatoms. The molecule has 0 spiro atoms. The lowest BCUT2D eigenvalue weighted by molar-refractivity contribution is 0.0970. The number of phenolic OH excluding ortho intramolecular Hbond substituents is 1. The van der Waals surface area contributed by atoms with Crippen LogP contribution >= 0.6 is 16.1 Å². The minimum Gasteiger partial charge on any atom is -0.507 e. The number of phenols is 1. The molecule has 1 N–H and O–H groups in total. The van der Waals surface area contributed by atoms with Crippen molar-refractivity contribution in [3.8, 4) is 5.75 Å². The molecule has 1 saturated carbocycles. The first kappa shape index (κ1) is 24.8. The Labute approximate surface area is 200 Å². The molecule has 176 valence electrons. The smallest absolute Gasteiger partial charge is 0.217 e. The SMILES string of the molecule is CC(C)(C)c1cc(C(=O)Cn2ccn(CCC3CCCC3)/c2=N/Br)cc(C(C)(C)C)c1O. The van der Waals surface area contributed by atoms with Crippen LogP contribution in [-0.4, -0.2) is 20.0 Å². The maximum absolute atomic E-state index is 13.4. The van der Waals surface area contributed by atoms with E-state index < -0.39 is 0 Å². The number of aromatic hydroxyl groups is 1. The van der Waals surface area contributed by atoms with Gasteiger partial charge in [0.05, 0.1) is 22.7 Å². The van der Waals surface area contributed by atoms with Crippen LogP contribution < -0.4 is 5.62 Å². The van der Waals surface area contributed by atoms with Crippen molar-refractivity contribution in [1.29, 1.82) is 0 Å². The number of aryl methyl sites for hydroxylation is 1. The second-order valence-electron chi connectivity index (χ2n) is 11.3. The van der Waals surface area contributed by atoms with Crippen LogP contribution in [0.5, 0.6) is 5.75 Å². The molecule has 0 atom stereocenters. The number of aromatic nitrogens is 2. The number of benzene rings is 1. The Morgan fingerprint density at radius 1 is 1.03 bits per heavy atom. The van der Waals surface area contributed by atoms with Gasteiger partial charge in [0.1, 0.15) is 5.75 Å². The summed E-state index contributed by atoms with van der Waals surface area (Å²) in [5.74, 6) is 1.11. The summed E-state index contributed by atoms with van der Waals surface area (Å²) in [7, 11) is 0. The number of Topliss-reactive ketones (excluding diaryl/α,β-unsaturated/α-hetero) is 1. The minimum absolute atomic E-state index is 0.0111. The number of imidazole rings is 1. The van der Waals surface area contributed by atoms with Crippen LogP contribution in [-0.2, 0) is 23.9 Å². The van der Waals surface area contributed by atoms with Crippen molar-refractivity contribution in [2.24, 2.45) is 9.94 Å². The number of halogens is 1. The van der Waals surface area contributed by atoms with Crippen LogP contribution in [0.3, 0.4) is 0 Å². The number of ketones is 1. The van der Waals surface area contributed by atoms with E-state index in [4.69, 9.17) is 0 Å². The molecule has 1 heterocycles. The summed E-state index contributed by atoms with van der Waals surface area (Å²) in [5.41, 5.74) is 2.45. The van der Waals surface area contributed by atoms with E-state index in [9.17, 15) is 9.90 Å². The van der Waals surface area contributed by atoms with E-state index in [-0.39, 0.29) is 23.2 Å². The lowest BCUT2D eigenvalue weighted by Gasteiger charge is -2.28. The Morgan fingerprint density at radius 3 is 2.06 bits per heavy atom. The van der Waals surface area contributed by atoms with E-state index in [2.05, 4.69) is 66.3 Å². The largest absolute Gasteiger partial charge is 0.507 e. The van der Waals surface area contributed by atoms with Gasteiger partial charge in [-0.1, -0.05) is 67.2 Å². The number of nitrogens with zero attached hydrogens (tertiary/aromatic N) is 3. The van der Waals surface area contributed by atoms with Crippen molar-refractivity contribution in [1.82, 2.24) is 9.13 Å². The normalized spacial score (nSPS) is 16.2. The molecular formula is C26H38BrN3O2. The molecule has 0 saturated heterocycles. The summed E-state index contributed by atoms with van der Waals surface area (Å²) in [6.45, 7) is 13.5. The Balaban J connectivity index is 1.88. The second kappa shape index (κ2) is 9.58. The highest BCUT2D eigenvalue weighted by molar-refractivity contribution is 9.08. The van der Waals surface area contributed by atoms with Crippen LogP contribution in [0.4, 0.5) is 0 Å². The third-order valence-electron chi connectivity index (χ3n) is 6.63. The minimum atomic E-state index is -0.270. The van der Waals surface area contributed by atoms with Crippen LogP contribution in [0.2, 0.25) is 0 Å². The van der Waals surface area contributed by atoms with Crippen molar-refractivity contribution in [2.45, 2.75) is 97.6 Å². The summed E-state index contributed by atoms with van der Waals surface area (Å²) in [6.07, 6.45) is 10.4. The summed E-state index contributed by atoms with van der Waals surface area (Å²) in [4.78, 5) is 13.4. The Kier molecular flexibility index (Phi) is 7.43. The first-order chi connectivity index (χ1) is 14.9. The quantitative estimate of drug-likeness (QED) is 0.472. The maximum atomic E-state index is 13.4. The molecule has 5 nitrogen and oxygen atoms in total. The Morgan fingerprint density at radius 2 is 1.56 bits per heavy atom. The molecule has 1 aliphatic rings. The van der Waals surface area contributed by atoms with Crippen molar-refractivity contribution in [2.75, 3.05) is 0 Å². The lowest BCUT2D eigenvalue weighted by atomic mass is 9.78. The highest BCUT2D eigenvalue weighted by atomic mass is 79.9. The molecule has 0 amide bonds. The molecule has 1 aliphatic carbocycles. The van der Waals surface area contributed by atoms with Gasteiger partial charge in [0.15, 0.2) is 5.78 Å². The van der Waals surface area contributed by atoms with Crippen LogP contribution in [0.1, 0.15) is 95.1 Å². The first-order valence-corrected chi connectivity index (χ1v) is 12.4. The van der Waals surface area contributed by atoms with E-state index >= 15 is 0 Å². The molecule has 1 aromatic heterocycles. The molecule has 32 heavy (non-hydrogen) atoms. The fraction of sp³-hybridized carbons (Fsp3) is 0.615. The molecule has 0 aliphatic heterocycles. The fourth-order valence-electron chi connectivity index (χ4n) is 4.66. The van der Waals surface area contributed by atoms with Crippen molar-refractivity contribution in [3.05, 3.63) is 46.8 Å². The fourth-order valence-corrected chi connectivity index (χ4v) is 5.07. The van der Waals surface area contributed by atoms with Crippen LogP contribution in [0.15, 0.2) is 28.5 Å². The zero-order chi connectivity index (χ0) is 23.7. The summed E-state index contributed by atoms with van der Waals surface area (Å²) in [5, 5.41) is 10.9. The molecule has 1 aromatic carbocycles. The van der Waals surface area contributed by atoms with Gasteiger partial charge < -0.3 is 14.2 Å². The Bertz CT molecular complexity index is 994. The monoisotopic (exact) mass is 503 g/mol. The molecule has 0 unspecified atom stereocenters. The highest BCUT2D eigenvalue weighted by Crippen LogP contribution is 2.40. The molecule has 0 radical (unpaired) electrons. The summed E-state index contributed by atoms with van der Waals surface area (Å²) >= 11 is 3.26. The Hall–Kier alpha value is -1.82. The number of hydrogen-bond donors (Lipinski definition) is 1. The topological polar surface area (TPSA) is 59.5 Å². The lowest BCUT2D eigenvalue weighted by Crippen LogP contribution is -2.28. The van der Waals surface area contributed by atoms with Gasteiger partial charge in [-0.2, -0.15) is 4.02 Å². The van der Waals surface area contributed by atoms with E-state index in [0.717, 1.165) is 35.6 Å². The predicted molar refractivity (Wildman–Crippen MR) is 133 cm³/mol. The summed E-state index contributed by atoms with van der Waals surface area (Å²) in [6, 6.07) is 3.71. The molecular weight excluding hydrogens is 466 g/mol. The van der Waals surface area contributed by atoms with Crippen molar-refractivity contribution >= 4 is 21.9 Å². The van der Waals surface area contributed by atoms with Gasteiger partial charge in [-0.15, -0.1) is 0 Å². The van der Waals surface area contributed by atoms with Gasteiger partial charge in [-0.05, 0) is 35.3 Å². The standard InChI is InChI=1S/C26H38BrN3O2/c1-25(2,3)20-15-19(16-21(23(20)32)26(4,5)6)22(31)17-30-14-13-29(24(30)28-27)12-11-18-9-7-8-10-18/h13-16,18,32H,7-12,17H2,1-6H3/b28-24-. The van der Waals surface area contributed by atoms with E-state index in [1.165, 1.54) is 25.7 Å². The number of rotatable bonds is 6. The zero-order valence-electron chi connectivity index (χ0n) is 20.4. The average Bonchev–Trinajstić information content (AvgIpc) is 3.34. The zero-order valence-corrected chi connectivity index (χ0v) is 22.0. The van der Waals surface area contributed by atoms with Gasteiger partial charge in [-0.3, -0.25) is 4.79 Å². The van der Waals surface area contributed by atoms with E-state index in [0.29, 0.717) is 11.3 Å². The van der Waals surface area contributed by atoms with Crippen LogP contribution in [0, 0.1) is 5.92 Å².